The van der Waals surface area contributed by atoms with Crippen molar-refractivity contribution < 1.29 is 14.6 Å². The van der Waals surface area contributed by atoms with Crippen LogP contribution in [-0.4, -0.2) is 62.8 Å². The molecule has 0 aromatic heterocycles. The first-order valence-electron chi connectivity index (χ1n) is 9.55. The minimum Gasteiger partial charge on any atom is -0.484 e. The van der Waals surface area contributed by atoms with Crippen molar-refractivity contribution in [2.75, 3.05) is 40.9 Å². The smallest absolute Gasteiger partial charge is 0.259 e. The summed E-state index contributed by atoms with van der Waals surface area (Å²) in [5.41, 5.74) is 2.08. The molecule has 7 nitrogen and oxygen atoms in total. The van der Waals surface area contributed by atoms with Gasteiger partial charge in [-0.15, -0.1) is 24.0 Å². The third kappa shape index (κ3) is 8.58. The van der Waals surface area contributed by atoms with Gasteiger partial charge in [-0.3, -0.25) is 9.79 Å². The number of aliphatic hydroxyl groups is 1. The number of benzene rings is 2. The van der Waals surface area contributed by atoms with Crippen molar-refractivity contribution in [3.8, 4) is 5.75 Å². The molecule has 0 heterocycles. The van der Waals surface area contributed by atoms with E-state index in [1.807, 2.05) is 54.6 Å². The van der Waals surface area contributed by atoms with E-state index in [-0.39, 0.29) is 49.0 Å². The summed E-state index contributed by atoms with van der Waals surface area (Å²) in [6.45, 7) is 1.18. The number of hydrogen-bond acceptors (Lipinski definition) is 4. The Hall–Kier alpha value is -2.33. The summed E-state index contributed by atoms with van der Waals surface area (Å²) in [6, 6.07) is 17.5. The molecule has 2 aromatic rings. The van der Waals surface area contributed by atoms with Gasteiger partial charge in [0.1, 0.15) is 5.75 Å². The van der Waals surface area contributed by atoms with Crippen LogP contribution in [0.3, 0.4) is 0 Å². The number of hydrogen-bond donors (Lipinski definition) is 3. The van der Waals surface area contributed by atoms with E-state index < -0.39 is 0 Å². The molecule has 8 heteroatoms. The van der Waals surface area contributed by atoms with Crippen LogP contribution in [0.15, 0.2) is 59.6 Å². The van der Waals surface area contributed by atoms with Crippen molar-refractivity contribution in [2.24, 2.45) is 4.99 Å². The van der Waals surface area contributed by atoms with Crippen molar-refractivity contribution in [1.29, 1.82) is 0 Å². The number of amides is 1. The minimum atomic E-state index is -0.0880. The molecule has 164 valence electrons. The Morgan fingerprint density at radius 1 is 1.13 bits per heavy atom. The highest BCUT2D eigenvalue weighted by molar-refractivity contribution is 14.0. The predicted octanol–water partition coefficient (Wildman–Crippen LogP) is 2.21. The lowest BCUT2D eigenvalue weighted by molar-refractivity contribution is -0.130. The van der Waals surface area contributed by atoms with Crippen molar-refractivity contribution in [3.05, 3.63) is 65.7 Å². The standard InChI is InChI=1S/C22H30N4O3.HI/c1-23-22(25-14-19(15-27)18-9-5-4-6-10-18)24-13-17-8-7-11-20(12-17)29-16-21(28)26(2)3;/h4-12,19,27H,13-16H2,1-3H3,(H2,23,24,25);1H. The zero-order valence-electron chi connectivity index (χ0n) is 17.7. The van der Waals surface area contributed by atoms with Crippen LogP contribution in [0, 0.1) is 0 Å². The van der Waals surface area contributed by atoms with E-state index in [1.165, 1.54) is 4.90 Å². The molecule has 0 aliphatic carbocycles. The number of carbonyl (C=O) groups is 1. The normalized spacial score (nSPS) is 11.8. The quantitative estimate of drug-likeness (QED) is 0.265. The first-order valence-corrected chi connectivity index (χ1v) is 9.55. The van der Waals surface area contributed by atoms with Crippen molar-refractivity contribution in [3.63, 3.8) is 0 Å². The molecule has 0 saturated heterocycles. The van der Waals surface area contributed by atoms with E-state index >= 15 is 0 Å². The second-order valence-corrected chi connectivity index (χ2v) is 6.82. The Balaban J connectivity index is 0.00000450. The van der Waals surface area contributed by atoms with Crippen molar-refractivity contribution >= 4 is 35.8 Å². The fourth-order valence-electron chi connectivity index (χ4n) is 2.66. The maximum absolute atomic E-state index is 11.7. The highest BCUT2D eigenvalue weighted by Crippen LogP contribution is 2.14. The van der Waals surface area contributed by atoms with E-state index in [2.05, 4.69) is 15.6 Å². The molecule has 3 N–H and O–H groups in total. The number of aliphatic hydroxyl groups excluding tert-OH is 1. The average molecular weight is 526 g/mol. The predicted molar refractivity (Wildman–Crippen MR) is 131 cm³/mol. The molecule has 0 fully saturated rings. The van der Waals surface area contributed by atoms with Gasteiger partial charge in [0, 0.05) is 40.2 Å². The van der Waals surface area contributed by atoms with Crippen LogP contribution in [0.25, 0.3) is 0 Å². The van der Waals surface area contributed by atoms with Gasteiger partial charge in [0.05, 0.1) is 6.61 Å². The number of nitrogens with one attached hydrogen (secondary N) is 2. The molecule has 2 rings (SSSR count). The van der Waals surface area contributed by atoms with Gasteiger partial charge in [0.25, 0.3) is 5.91 Å². The monoisotopic (exact) mass is 526 g/mol. The van der Waals surface area contributed by atoms with Gasteiger partial charge in [-0.1, -0.05) is 42.5 Å². The molecular formula is C22H31IN4O3. The van der Waals surface area contributed by atoms with Crippen LogP contribution in [0.5, 0.6) is 5.75 Å². The van der Waals surface area contributed by atoms with Gasteiger partial charge in [0.15, 0.2) is 12.6 Å². The number of nitrogens with zero attached hydrogens (tertiary/aromatic N) is 2. The van der Waals surface area contributed by atoms with Gasteiger partial charge in [-0.2, -0.15) is 0 Å². The van der Waals surface area contributed by atoms with Crippen molar-refractivity contribution in [2.45, 2.75) is 12.5 Å². The molecule has 0 radical (unpaired) electrons. The Labute approximate surface area is 195 Å². The third-order valence-electron chi connectivity index (χ3n) is 4.45. The van der Waals surface area contributed by atoms with E-state index in [0.29, 0.717) is 24.8 Å². The third-order valence-corrected chi connectivity index (χ3v) is 4.45. The molecule has 1 unspecified atom stereocenters. The number of halogens is 1. The number of rotatable bonds is 9. The summed E-state index contributed by atoms with van der Waals surface area (Å²) in [7, 11) is 5.10. The van der Waals surface area contributed by atoms with Crippen LogP contribution in [-0.2, 0) is 11.3 Å². The van der Waals surface area contributed by atoms with Crippen LogP contribution in [0.2, 0.25) is 0 Å². The summed E-state index contributed by atoms with van der Waals surface area (Å²) in [5.74, 6) is 1.19. The van der Waals surface area contributed by atoms with Crippen LogP contribution in [0.4, 0.5) is 0 Å². The molecule has 1 atom stereocenters. The van der Waals surface area contributed by atoms with Gasteiger partial charge in [-0.05, 0) is 23.3 Å². The molecular weight excluding hydrogens is 495 g/mol. The molecule has 0 saturated carbocycles. The molecule has 1 amide bonds. The van der Waals surface area contributed by atoms with Crippen LogP contribution < -0.4 is 15.4 Å². The SMILES string of the molecule is CN=C(NCc1cccc(OCC(=O)N(C)C)c1)NCC(CO)c1ccccc1.I. The molecule has 0 aliphatic heterocycles. The largest absolute Gasteiger partial charge is 0.484 e. The van der Waals surface area contributed by atoms with Crippen LogP contribution in [0.1, 0.15) is 17.0 Å². The lowest BCUT2D eigenvalue weighted by atomic mass is 10.0. The van der Waals surface area contributed by atoms with Gasteiger partial charge in [-0.25, -0.2) is 0 Å². The highest BCUT2D eigenvalue weighted by atomic mass is 127. The van der Waals surface area contributed by atoms with Crippen LogP contribution >= 0.6 is 24.0 Å². The fraction of sp³-hybridized carbons (Fsp3) is 0.364. The average Bonchev–Trinajstić information content (AvgIpc) is 2.75. The fourth-order valence-corrected chi connectivity index (χ4v) is 2.66. The topological polar surface area (TPSA) is 86.2 Å². The molecule has 0 spiro atoms. The van der Waals surface area contributed by atoms with E-state index in [0.717, 1.165) is 11.1 Å². The zero-order chi connectivity index (χ0) is 21.1. The Morgan fingerprint density at radius 3 is 2.50 bits per heavy atom. The van der Waals surface area contributed by atoms with E-state index in [9.17, 15) is 9.90 Å². The number of carbonyl (C=O) groups excluding carboxylic acids is 1. The maximum atomic E-state index is 11.7. The maximum Gasteiger partial charge on any atom is 0.259 e. The number of ether oxygens (including phenoxy) is 1. The second kappa shape index (κ2) is 13.8. The Bertz CT molecular complexity index is 800. The minimum absolute atomic E-state index is 0. The highest BCUT2D eigenvalue weighted by Gasteiger charge is 2.11. The molecule has 30 heavy (non-hydrogen) atoms. The lowest BCUT2D eigenvalue weighted by Gasteiger charge is -2.18. The summed E-state index contributed by atoms with van der Waals surface area (Å²) < 4.78 is 5.55. The summed E-state index contributed by atoms with van der Waals surface area (Å²) in [6.07, 6.45) is 0. The second-order valence-electron chi connectivity index (χ2n) is 6.82. The molecule has 0 bridgehead atoms. The van der Waals surface area contributed by atoms with Gasteiger partial charge >= 0.3 is 0 Å². The van der Waals surface area contributed by atoms with Gasteiger partial charge < -0.3 is 25.4 Å². The Kier molecular flexibility index (Phi) is 11.8. The van der Waals surface area contributed by atoms with Gasteiger partial charge in [0.2, 0.25) is 0 Å². The number of guanidine groups is 1. The summed E-state index contributed by atoms with van der Waals surface area (Å²) in [4.78, 5) is 17.4. The van der Waals surface area contributed by atoms with E-state index in [4.69, 9.17) is 4.74 Å². The van der Waals surface area contributed by atoms with E-state index in [1.54, 1.807) is 21.1 Å². The summed E-state index contributed by atoms with van der Waals surface area (Å²) >= 11 is 0. The number of aliphatic imine (C=N–C) groups is 1. The zero-order valence-corrected chi connectivity index (χ0v) is 20.0. The first kappa shape index (κ1) is 25.7. The lowest BCUT2D eigenvalue weighted by Crippen LogP contribution is -2.39. The number of likely N-dealkylation sites (N-methyl/N-ethyl adjacent to an activating group) is 1. The Morgan fingerprint density at radius 2 is 1.87 bits per heavy atom. The first-order chi connectivity index (χ1) is 14.0. The summed E-state index contributed by atoms with van der Waals surface area (Å²) in [5, 5.41) is 16.2. The molecule has 0 aliphatic rings. The molecule has 2 aromatic carbocycles. The van der Waals surface area contributed by atoms with Crippen molar-refractivity contribution in [1.82, 2.24) is 15.5 Å².